The summed E-state index contributed by atoms with van der Waals surface area (Å²) < 4.78 is 57.6. The summed E-state index contributed by atoms with van der Waals surface area (Å²) in [5.41, 5.74) is -1.84. The van der Waals surface area contributed by atoms with Crippen molar-refractivity contribution in [1.29, 1.82) is 0 Å². The van der Waals surface area contributed by atoms with Gasteiger partial charge in [0, 0.05) is 17.5 Å². The molecule has 3 aromatic carbocycles. The minimum absolute atomic E-state index is 0.119. The first-order valence-corrected chi connectivity index (χ1v) is 12.4. The van der Waals surface area contributed by atoms with E-state index in [1.165, 1.54) is 41.9 Å². The number of aromatic nitrogens is 3. The molecule has 0 aliphatic carbocycles. The average Bonchev–Trinajstić information content (AvgIpc) is 3.10. The molecular weight excluding hydrogens is 530 g/mol. The molecule has 1 amide bonds. The van der Waals surface area contributed by atoms with Crippen molar-refractivity contribution in [3.05, 3.63) is 104 Å². The Morgan fingerprint density at radius 2 is 1.65 bits per heavy atom. The Balaban J connectivity index is 1.80. The van der Waals surface area contributed by atoms with Gasteiger partial charge in [0.25, 0.3) is 21.5 Å². The van der Waals surface area contributed by atoms with Crippen molar-refractivity contribution < 1.29 is 22.0 Å². The number of rotatable bonds is 4. The van der Waals surface area contributed by atoms with Crippen LogP contribution in [0.25, 0.3) is 27.5 Å². The molecule has 188 valence electrons. The van der Waals surface area contributed by atoms with Crippen molar-refractivity contribution >= 4 is 49.3 Å². The fourth-order valence-electron chi connectivity index (χ4n) is 4.21. The van der Waals surface area contributed by atoms with E-state index in [1.54, 1.807) is 16.9 Å². The topological polar surface area (TPSA) is 123 Å². The second-order valence-corrected chi connectivity index (χ2v) is 10.1. The van der Waals surface area contributed by atoms with Crippen LogP contribution in [0.3, 0.4) is 0 Å². The molecule has 5 aromatic rings. The average molecular weight is 545 g/mol. The Morgan fingerprint density at radius 3 is 2.35 bits per heavy atom. The van der Waals surface area contributed by atoms with Gasteiger partial charge in [-0.2, -0.15) is 0 Å². The molecule has 0 atom stereocenters. The quantitative estimate of drug-likeness (QED) is 0.360. The highest BCUT2D eigenvalue weighted by molar-refractivity contribution is 7.90. The van der Waals surface area contributed by atoms with Gasteiger partial charge >= 0.3 is 5.69 Å². The zero-order valence-electron chi connectivity index (χ0n) is 18.8. The SMILES string of the molecule is Cn1c(C(=O)NS(=O)(=O)c2c(F)cccc2F)c(-n2c(=O)[nH]c3ccccc3c2=O)c2cc(Cl)ccc21. The lowest BCUT2D eigenvalue weighted by atomic mass is 10.2. The Morgan fingerprint density at radius 1 is 0.973 bits per heavy atom. The summed E-state index contributed by atoms with van der Waals surface area (Å²) in [6, 6.07) is 13.0. The van der Waals surface area contributed by atoms with Crippen LogP contribution >= 0.6 is 11.6 Å². The molecule has 9 nitrogen and oxygen atoms in total. The molecule has 0 unspecified atom stereocenters. The van der Waals surface area contributed by atoms with Crippen molar-refractivity contribution in [2.45, 2.75) is 4.90 Å². The molecule has 2 aromatic heterocycles. The predicted molar refractivity (Wildman–Crippen MR) is 133 cm³/mol. The second kappa shape index (κ2) is 8.68. The molecule has 5 rings (SSSR count). The van der Waals surface area contributed by atoms with Crippen LogP contribution in [0.15, 0.2) is 75.1 Å². The number of fused-ring (bicyclic) bond motifs is 2. The van der Waals surface area contributed by atoms with Gasteiger partial charge in [0.1, 0.15) is 17.3 Å². The Labute approximate surface area is 211 Å². The van der Waals surface area contributed by atoms with Crippen LogP contribution in [0.4, 0.5) is 8.78 Å². The van der Waals surface area contributed by atoms with E-state index >= 15 is 0 Å². The van der Waals surface area contributed by atoms with Gasteiger partial charge in [-0.1, -0.05) is 29.8 Å². The van der Waals surface area contributed by atoms with Crippen molar-refractivity contribution in [3.63, 3.8) is 0 Å². The predicted octanol–water partition coefficient (Wildman–Crippen LogP) is 3.22. The minimum atomic E-state index is -5.05. The number of carbonyl (C=O) groups is 1. The number of nitrogens with one attached hydrogen (secondary N) is 2. The first kappa shape index (κ1) is 24.4. The van der Waals surface area contributed by atoms with E-state index in [2.05, 4.69) is 4.98 Å². The first-order valence-electron chi connectivity index (χ1n) is 10.5. The van der Waals surface area contributed by atoms with Crippen molar-refractivity contribution in [1.82, 2.24) is 18.8 Å². The third kappa shape index (κ3) is 3.90. The van der Waals surface area contributed by atoms with Crippen LogP contribution in [0, 0.1) is 11.6 Å². The number of benzene rings is 3. The summed E-state index contributed by atoms with van der Waals surface area (Å²) >= 11 is 6.15. The second-order valence-electron chi connectivity index (χ2n) is 8.02. The number of carbonyl (C=O) groups excluding carboxylic acids is 1. The highest BCUT2D eigenvalue weighted by Crippen LogP contribution is 2.31. The van der Waals surface area contributed by atoms with Crippen LogP contribution in [0.5, 0.6) is 0 Å². The van der Waals surface area contributed by atoms with Crippen molar-refractivity contribution in [2.75, 3.05) is 0 Å². The maximum absolute atomic E-state index is 14.2. The van der Waals surface area contributed by atoms with Gasteiger partial charge in [-0.25, -0.2) is 31.3 Å². The standard InChI is InChI=1S/C24H15ClF2N4O5S/c1-30-18-10-9-12(25)11-14(18)19(31-23(33)13-5-2-3-8-17(13)28-24(31)34)20(30)22(32)29-37(35,36)21-15(26)6-4-7-16(21)27/h2-11H,1H3,(H,28,34)(H,29,32). The summed E-state index contributed by atoms with van der Waals surface area (Å²) in [4.78, 5) is 41.1. The Kier molecular flexibility index (Phi) is 5.72. The maximum Gasteiger partial charge on any atom is 0.333 e. The summed E-state index contributed by atoms with van der Waals surface area (Å²) in [6.07, 6.45) is 0. The fourth-order valence-corrected chi connectivity index (χ4v) is 5.47. The molecular formula is C24H15ClF2N4O5S. The molecule has 2 N–H and O–H groups in total. The van der Waals surface area contributed by atoms with Crippen LogP contribution in [-0.2, 0) is 17.1 Å². The summed E-state index contributed by atoms with van der Waals surface area (Å²) in [5.74, 6) is -4.16. The van der Waals surface area contributed by atoms with Gasteiger partial charge in [0.2, 0.25) is 0 Å². The molecule has 0 saturated heterocycles. The number of para-hydroxylation sites is 1. The number of hydrogen-bond acceptors (Lipinski definition) is 5. The summed E-state index contributed by atoms with van der Waals surface area (Å²) in [5, 5.41) is 0.503. The van der Waals surface area contributed by atoms with E-state index in [4.69, 9.17) is 11.6 Å². The summed E-state index contributed by atoms with van der Waals surface area (Å²) in [6.45, 7) is 0. The van der Waals surface area contributed by atoms with Crippen LogP contribution in [-0.4, -0.2) is 28.4 Å². The minimum Gasteiger partial charge on any atom is -0.338 e. The molecule has 0 saturated carbocycles. The molecule has 37 heavy (non-hydrogen) atoms. The Hall–Kier alpha value is -4.29. The lowest BCUT2D eigenvalue weighted by Crippen LogP contribution is -2.37. The van der Waals surface area contributed by atoms with E-state index in [0.717, 1.165) is 18.2 Å². The number of aromatic amines is 1. The van der Waals surface area contributed by atoms with Gasteiger partial charge in [-0.05, 0) is 42.5 Å². The van der Waals surface area contributed by atoms with E-state index in [1.807, 2.05) is 0 Å². The van der Waals surface area contributed by atoms with Crippen LogP contribution in [0.2, 0.25) is 5.02 Å². The molecule has 0 fully saturated rings. The molecule has 0 spiro atoms. The number of H-pyrrole nitrogens is 1. The smallest absolute Gasteiger partial charge is 0.333 e. The lowest BCUT2D eigenvalue weighted by molar-refractivity contribution is 0.0974. The van der Waals surface area contributed by atoms with Gasteiger partial charge in [-0.15, -0.1) is 0 Å². The van der Waals surface area contributed by atoms with Gasteiger partial charge < -0.3 is 9.55 Å². The first-order chi connectivity index (χ1) is 17.5. The number of amides is 1. The van der Waals surface area contributed by atoms with Crippen molar-refractivity contribution in [2.24, 2.45) is 7.05 Å². The Bertz CT molecular complexity index is 1980. The number of aryl methyl sites for hydroxylation is 1. The fraction of sp³-hybridized carbons (Fsp3) is 0.0417. The molecule has 2 heterocycles. The highest BCUT2D eigenvalue weighted by Gasteiger charge is 2.31. The van der Waals surface area contributed by atoms with Crippen LogP contribution in [0.1, 0.15) is 10.5 Å². The lowest BCUT2D eigenvalue weighted by Gasteiger charge is -2.12. The highest BCUT2D eigenvalue weighted by atomic mass is 35.5. The van der Waals surface area contributed by atoms with E-state index in [9.17, 15) is 31.6 Å². The number of halogens is 3. The largest absolute Gasteiger partial charge is 0.338 e. The monoisotopic (exact) mass is 544 g/mol. The summed E-state index contributed by atoms with van der Waals surface area (Å²) in [7, 11) is -3.65. The zero-order valence-corrected chi connectivity index (χ0v) is 20.3. The van der Waals surface area contributed by atoms with Crippen LogP contribution < -0.4 is 16.0 Å². The third-order valence-electron chi connectivity index (χ3n) is 5.79. The van der Waals surface area contributed by atoms with E-state index in [0.29, 0.717) is 10.1 Å². The van der Waals surface area contributed by atoms with E-state index < -0.39 is 49.4 Å². The molecule has 0 aliphatic heterocycles. The molecule has 0 bridgehead atoms. The van der Waals surface area contributed by atoms with E-state index in [-0.39, 0.29) is 27.0 Å². The van der Waals surface area contributed by atoms with Gasteiger partial charge in [0.15, 0.2) is 4.90 Å². The maximum atomic E-state index is 14.2. The van der Waals surface area contributed by atoms with Gasteiger partial charge in [-0.3, -0.25) is 9.59 Å². The number of sulfonamides is 1. The van der Waals surface area contributed by atoms with Gasteiger partial charge in [0.05, 0.1) is 22.1 Å². The third-order valence-corrected chi connectivity index (χ3v) is 7.41. The zero-order chi connectivity index (χ0) is 26.6. The molecule has 13 heteroatoms. The normalized spacial score (nSPS) is 11.8. The number of nitrogens with zero attached hydrogens (tertiary/aromatic N) is 2. The van der Waals surface area contributed by atoms with Crippen molar-refractivity contribution in [3.8, 4) is 5.69 Å². The number of hydrogen-bond donors (Lipinski definition) is 2. The molecule has 0 aliphatic rings. The molecule has 0 radical (unpaired) electrons.